The molecule has 0 aliphatic rings. The maximum Gasteiger partial charge on any atom is 0.311 e. The van der Waals surface area contributed by atoms with Crippen molar-refractivity contribution in [3.05, 3.63) is 68.7 Å². The molecule has 2 rings (SSSR count). The Morgan fingerprint density at radius 3 is 2.60 bits per heavy atom. The smallest absolute Gasteiger partial charge is 0.311 e. The molecule has 0 aromatic heterocycles. The van der Waals surface area contributed by atoms with E-state index in [1.807, 2.05) is 49.4 Å². The molecule has 20 heavy (non-hydrogen) atoms. The minimum Gasteiger partial charge on any atom is -0.481 e. The van der Waals surface area contributed by atoms with E-state index in [9.17, 15) is 9.90 Å². The quantitative estimate of drug-likeness (QED) is 0.855. The third kappa shape index (κ3) is 3.41. The van der Waals surface area contributed by atoms with Crippen LogP contribution in [0.4, 0.5) is 0 Å². The lowest BCUT2D eigenvalue weighted by atomic mass is 9.92. The van der Waals surface area contributed by atoms with Gasteiger partial charge in [0.05, 0.1) is 5.92 Å². The second kappa shape index (κ2) is 6.42. The van der Waals surface area contributed by atoms with E-state index >= 15 is 0 Å². The van der Waals surface area contributed by atoms with Gasteiger partial charge < -0.3 is 5.11 Å². The molecule has 0 saturated heterocycles. The number of aliphatic carboxylic acids is 1. The van der Waals surface area contributed by atoms with Gasteiger partial charge in [0.1, 0.15) is 0 Å². The highest BCUT2D eigenvalue weighted by Gasteiger charge is 2.23. The summed E-state index contributed by atoms with van der Waals surface area (Å²) in [7, 11) is 0. The molecule has 1 unspecified atom stereocenters. The first-order chi connectivity index (χ1) is 9.49. The summed E-state index contributed by atoms with van der Waals surface area (Å²) in [5, 5.41) is 10.1. The van der Waals surface area contributed by atoms with E-state index in [0.717, 1.165) is 21.2 Å². The number of benzene rings is 2. The lowest BCUT2D eigenvalue weighted by Crippen LogP contribution is -2.15. The predicted octanol–water partition coefficient (Wildman–Crippen LogP) is 4.82. The minimum atomic E-state index is -0.853. The first kappa shape index (κ1) is 15.1. The molecule has 0 fully saturated rings. The Bertz CT molecular complexity index is 640. The van der Waals surface area contributed by atoms with Crippen LogP contribution in [0.25, 0.3) is 0 Å². The standard InChI is InChI=1S/C16H14BrClO2/c1-10-6-7-11(15(18)8-10)9-13(16(19)20)12-4-2-3-5-14(12)17/h2-8,13H,9H2,1H3,(H,19,20). The van der Waals surface area contributed by atoms with Gasteiger partial charge >= 0.3 is 5.97 Å². The van der Waals surface area contributed by atoms with Gasteiger partial charge in [0.15, 0.2) is 0 Å². The Balaban J connectivity index is 2.36. The van der Waals surface area contributed by atoms with Gasteiger partial charge in [-0.05, 0) is 42.2 Å². The highest BCUT2D eigenvalue weighted by molar-refractivity contribution is 9.10. The Morgan fingerprint density at radius 2 is 2.00 bits per heavy atom. The fourth-order valence-electron chi connectivity index (χ4n) is 2.13. The van der Waals surface area contributed by atoms with Crippen molar-refractivity contribution < 1.29 is 9.90 Å². The van der Waals surface area contributed by atoms with Crippen LogP contribution in [0.2, 0.25) is 5.02 Å². The van der Waals surface area contributed by atoms with Crippen molar-refractivity contribution in [2.45, 2.75) is 19.3 Å². The van der Waals surface area contributed by atoms with Crippen molar-refractivity contribution >= 4 is 33.5 Å². The molecule has 104 valence electrons. The van der Waals surface area contributed by atoms with E-state index in [2.05, 4.69) is 15.9 Å². The Kier molecular flexibility index (Phi) is 4.84. The largest absolute Gasteiger partial charge is 0.481 e. The van der Waals surface area contributed by atoms with E-state index in [0.29, 0.717) is 11.4 Å². The molecule has 2 aromatic rings. The second-order valence-corrected chi connectivity index (χ2v) is 5.97. The van der Waals surface area contributed by atoms with Gasteiger partial charge in [0, 0.05) is 9.50 Å². The SMILES string of the molecule is Cc1ccc(CC(C(=O)O)c2ccccc2Br)c(Cl)c1. The molecule has 0 spiro atoms. The highest BCUT2D eigenvalue weighted by Crippen LogP contribution is 2.30. The zero-order chi connectivity index (χ0) is 14.7. The molecule has 0 heterocycles. The van der Waals surface area contributed by atoms with Crippen LogP contribution in [-0.4, -0.2) is 11.1 Å². The average molecular weight is 354 g/mol. The van der Waals surface area contributed by atoms with E-state index in [1.54, 1.807) is 0 Å². The molecule has 2 aromatic carbocycles. The van der Waals surface area contributed by atoms with Gasteiger partial charge in [-0.3, -0.25) is 4.79 Å². The Hall–Kier alpha value is -1.32. The number of carbonyl (C=O) groups is 1. The maximum absolute atomic E-state index is 11.6. The summed E-state index contributed by atoms with van der Waals surface area (Å²) in [6.45, 7) is 1.96. The van der Waals surface area contributed by atoms with Crippen LogP contribution in [0.3, 0.4) is 0 Å². The summed E-state index contributed by atoms with van der Waals surface area (Å²) in [6.07, 6.45) is 0.372. The zero-order valence-electron chi connectivity index (χ0n) is 10.9. The van der Waals surface area contributed by atoms with Gasteiger partial charge in [0.2, 0.25) is 0 Å². The number of carboxylic acid groups (broad SMARTS) is 1. The lowest BCUT2D eigenvalue weighted by Gasteiger charge is -2.15. The van der Waals surface area contributed by atoms with Crippen molar-refractivity contribution in [3.63, 3.8) is 0 Å². The first-order valence-electron chi connectivity index (χ1n) is 6.21. The van der Waals surface area contributed by atoms with Crippen molar-refractivity contribution in [1.82, 2.24) is 0 Å². The van der Waals surface area contributed by atoms with Crippen LogP contribution < -0.4 is 0 Å². The summed E-state index contributed by atoms with van der Waals surface area (Å²) in [4.78, 5) is 11.6. The molecule has 0 aliphatic heterocycles. The van der Waals surface area contributed by atoms with Crippen molar-refractivity contribution in [2.24, 2.45) is 0 Å². The fraction of sp³-hybridized carbons (Fsp3) is 0.188. The highest BCUT2D eigenvalue weighted by atomic mass is 79.9. The van der Waals surface area contributed by atoms with E-state index in [-0.39, 0.29) is 0 Å². The van der Waals surface area contributed by atoms with Gasteiger partial charge in [0.25, 0.3) is 0 Å². The molecule has 0 saturated carbocycles. The minimum absolute atomic E-state index is 0.372. The molecule has 2 nitrogen and oxygen atoms in total. The van der Waals surface area contributed by atoms with Crippen LogP contribution in [0.5, 0.6) is 0 Å². The number of halogens is 2. The van der Waals surface area contributed by atoms with Crippen LogP contribution in [-0.2, 0) is 11.2 Å². The van der Waals surface area contributed by atoms with Gasteiger partial charge in [-0.15, -0.1) is 0 Å². The fourth-order valence-corrected chi connectivity index (χ4v) is 3.00. The number of hydrogen-bond acceptors (Lipinski definition) is 1. The van der Waals surface area contributed by atoms with E-state index in [4.69, 9.17) is 11.6 Å². The molecule has 4 heteroatoms. The third-order valence-electron chi connectivity index (χ3n) is 3.21. The van der Waals surface area contributed by atoms with Gasteiger partial charge in [-0.2, -0.15) is 0 Å². The maximum atomic E-state index is 11.6. The molecular weight excluding hydrogens is 340 g/mol. The monoisotopic (exact) mass is 352 g/mol. The van der Waals surface area contributed by atoms with Gasteiger partial charge in [-0.1, -0.05) is 57.9 Å². The van der Waals surface area contributed by atoms with Crippen molar-refractivity contribution in [2.75, 3.05) is 0 Å². The summed E-state index contributed by atoms with van der Waals surface area (Å²) < 4.78 is 0.802. The molecule has 1 N–H and O–H groups in total. The summed E-state index contributed by atoms with van der Waals surface area (Å²) in [5.41, 5.74) is 2.67. The first-order valence-corrected chi connectivity index (χ1v) is 7.38. The van der Waals surface area contributed by atoms with Crippen LogP contribution in [0.15, 0.2) is 46.9 Å². The molecule has 0 bridgehead atoms. The van der Waals surface area contributed by atoms with Crippen LogP contribution >= 0.6 is 27.5 Å². The molecule has 1 atom stereocenters. The molecule has 0 amide bonds. The van der Waals surface area contributed by atoms with Crippen molar-refractivity contribution in [1.29, 1.82) is 0 Å². The van der Waals surface area contributed by atoms with E-state index < -0.39 is 11.9 Å². The Labute approximate surface area is 131 Å². The predicted molar refractivity (Wildman–Crippen MR) is 84.4 cm³/mol. The molecular formula is C16H14BrClO2. The topological polar surface area (TPSA) is 37.3 Å². The zero-order valence-corrected chi connectivity index (χ0v) is 13.3. The summed E-state index contributed by atoms with van der Waals surface area (Å²) in [5.74, 6) is -1.47. The summed E-state index contributed by atoms with van der Waals surface area (Å²) in [6, 6.07) is 13.1. The number of carboxylic acids is 1. The average Bonchev–Trinajstić information content (AvgIpc) is 2.39. The van der Waals surface area contributed by atoms with E-state index in [1.165, 1.54) is 0 Å². The molecule has 0 aliphatic carbocycles. The number of hydrogen-bond donors (Lipinski definition) is 1. The molecule has 0 radical (unpaired) electrons. The second-order valence-electron chi connectivity index (χ2n) is 4.71. The third-order valence-corrected chi connectivity index (χ3v) is 4.29. The lowest BCUT2D eigenvalue weighted by molar-refractivity contribution is -0.138. The number of aryl methyl sites for hydroxylation is 1. The number of rotatable bonds is 4. The van der Waals surface area contributed by atoms with Crippen molar-refractivity contribution in [3.8, 4) is 0 Å². The van der Waals surface area contributed by atoms with Crippen LogP contribution in [0, 0.1) is 6.92 Å². The Morgan fingerprint density at radius 1 is 1.30 bits per heavy atom. The summed E-state index contributed by atoms with van der Waals surface area (Å²) >= 11 is 9.61. The van der Waals surface area contributed by atoms with Crippen LogP contribution in [0.1, 0.15) is 22.6 Å². The normalized spacial score (nSPS) is 12.2. The van der Waals surface area contributed by atoms with Gasteiger partial charge in [-0.25, -0.2) is 0 Å².